The summed E-state index contributed by atoms with van der Waals surface area (Å²) >= 11 is 6.04. The Morgan fingerprint density at radius 3 is 2.62 bits per heavy atom. The number of nitrogens with two attached hydrogens (primary N) is 1. The Morgan fingerprint density at radius 1 is 1.25 bits per heavy atom. The van der Waals surface area contributed by atoms with Crippen molar-refractivity contribution in [3.05, 3.63) is 68.7 Å². The molecule has 1 aliphatic heterocycles. The first-order chi connectivity index (χ1) is 11.4. The molecule has 0 aromatic heterocycles. The van der Waals surface area contributed by atoms with Gasteiger partial charge in [-0.25, -0.2) is 0 Å². The van der Waals surface area contributed by atoms with Crippen molar-refractivity contribution in [3.8, 4) is 0 Å². The van der Waals surface area contributed by atoms with Crippen molar-refractivity contribution in [2.75, 3.05) is 4.90 Å². The number of hydrogen-bond donors (Lipinski definition) is 1. The molecule has 0 spiro atoms. The second kappa shape index (κ2) is 5.93. The molecule has 2 amide bonds. The molecule has 0 radical (unpaired) electrons. The monoisotopic (exact) mass is 345 g/mol. The van der Waals surface area contributed by atoms with Crippen LogP contribution < -0.4 is 10.6 Å². The number of halogens is 1. The second-order valence-electron chi connectivity index (χ2n) is 5.35. The highest BCUT2D eigenvalue weighted by Gasteiger charge is 2.38. The van der Waals surface area contributed by atoms with E-state index in [0.717, 1.165) is 11.6 Å². The molecule has 0 fully saturated rings. The van der Waals surface area contributed by atoms with Gasteiger partial charge in [0.1, 0.15) is 6.04 Å². The lowest BCUT2D eigenvalue weighted by Crippen LogP contribution is -2.46. The molecule has 2 N–H and O–H groups in total. The van der Waals surface area contributed by atoms with E-state index in [9.17, 15) is 19.7 Å². The molecule has 0 unspecified atom stereocenters. The Balaban J connectivity index is 2.10. The standard InChI is InChI=1S/C16H12ClN3O4/c17-12-6-5-10(20(23)24)8-11(12)16(22)19-13-4-2-1-3-9(13)7-14(19)15(18)21/h1-6,8,14H,7H2,(H2,18,21)/t14-/m1/s1. The van der Waals surface area contributed by atoms with Crippen LogP contribution >= 0.6 is 11.6 Å². The summed E-state index contributed by atoms with van der Waals surface area (Å²) in [4.78, 5) is 36.3. The van der Waals surface area contributed by atoms with Crippen LogP contribution in [0.4, 0.5) is 11.4 Å². The first-order valence-electron chi connectivity index (χ1n) is 7.05. The summed E-state index contributed by atoms with van der Waals surface area (Å²) in [5.41, 5.74) is 6.47. The topological polar surface area (TPSA) is 107 Å². The molecular weight excluding hydrogens is 334 g/mol. The van der Waals surface area contributed by atoms with Crippen molar-refractivity contribution >= 4 is 34.8 Å². The normalized spacial score (nSPS) is 15.9. The van der Waals surface area contributed by atoms with E-state index in [1.165, 1.54) is 17.0 Å². The Morgan fingerprint density at radius 2 is 1.96 bits per heavy atom. The molecule has 8 heteroatoms. The van der Waals surface area contributed by atoms with Crippen LogP contribution in [0.3, 0.4) is 0 Å². The number of nitrogens with zero attached hydrogens (tertiary/aromatic N) is 2. The zero-order valence-corrected chi connectivity index (χ0v) is 13.1. The predicted molar refractivity (Wildman–Crippen MR) is 88.0 cm³/mol. The van der Waals surface area contributed by atoms with Gasteiger partial charge >= 0.3 is 0 Å². The lowest BCUT2D eigenvalue weighted by Gasteiger charge is -2.23. The summed E-state index contributed by atoms with van der Waals surface area (Å²) in [5, 5.41) is 11.0. The highest BCUT2D eigenvalue weighted by molar-refractivity contribution is 6.35. The van der Waals surface area contributed by atoms with E-state index < -0.39 is 22.8 Å². The van der Waals surface area contributed by atoms with E-state index in [2.05, 4.69) is 0 Å². The predicted octanol–water partition coefficient (Wildman–Crippen LogP) is 2.30. The zero-order chi connectivity index (χ0) is 17.4. The van der Waals surface area contributed by atoms with E-state index >= 15 is 0 Å². The maximum atomic E-state index is 12.9. The number of carbonyl (C=O) groups excluding carboxylic acids is 2. The van der Waals surface area contributed by atoms with Crippen LogP contribution in [-0.4, -0.2) is 22.8 Å². The Bertz CT molecular complexity index is 868. The van der Waals surface area contributed by atoms with Crippen LogP contribution in [0.25, 0.3) is 0 Å². The van der Waals surface area contributed by atoms with Gasteiger partial charge in [-0.1, -0.05) is 29.8 Å². The fourth-order valence-electron chi connectivity index (χ4n) is 2.79. The number of nitro benzene ring substituents is 1. The van der Waals surface area contributed by atoms with Crippen molar-refractivity contribution < 1.29 is 14.5 Å². The minimum Gasteiger partial charge on any atom is -0.368 e. The van der Waals surface area contributed by atoms with Crippen LogP contribution in [0.5, 0.6) is 0 Å². The van der Waals surface area contributed by atoms with Crippen molar-refractivity contribution in [1.29, 1.82) is 0 Å². The van der Waals surface area contributed by atoms with Crippen molar-refractivity contribution in [3.63, 3.8) is 0 Å². The molecule has 7 nitrogen and oxygen atoms in total. The lowest BCUT2D eigenvalue weighted by molar-refractivity contribution is -0.384. The molecule has 0 saturated carbocycles. The van der Waals surface area contributed by atoms with Gasteiger partial charge in [-0.15, -0.1) is 0 Å². The number of primary amides is 1. The van der Waals surface area contributed by atoms with Gasteiger partial charge in [-0.3, -0.25) is 24.6 Å². The highest BCUT2D eigenvalue weighted by Crippen LogP contribution is 2.35. The van der Waals surface area contributed by atoms with Gasteiger partial charge in [-0.2, -0.15) is 0 Å². The first-order valence-corrected chi connectivity index (χ1v) is 7.42. The van der Waals surface area contributed by atoms with Gasteiger partial charge in [0.25, 0.3) is 11.6 Å². The van der Waals surface area contributed by atoms with E-state index in [1.54, 1.807) is 24.3 Å². The molecule has 1 atom stereocenters. The van der Waals surface area contributed by atoms with Gasteiger partial charge < -0.3 is 5.73 Å². The number of amides is 2. The number of benzene rings is 2. The summed E-state index contributed by atoms with van der Waals surface area (Å²) in [7, 11) is 0. The third-order valence-electron chi connectivity index (χ3n) is 3.91. The van der Waals surface area contributed by atoms with Crippen molar-refractivity contribution in [2.24, 2.45) is 5.73 Å². The Hall–Kier alpha value is -2.93. The highest BCUT2D eigenvalue weighted by atomic mass is 35.5. The van der Waals surface area contributed by atoms with E-state index in [0.29, 0.717) is 12.1 Å². The second-order valence-corrected chi connectivity index (χ2v) is 5.75. The lowest BCUT2D eigenvalue weighted by atomic mass is 10.1. The molecule has 0 saturated heterocycles. The first kappa shape index (κ1) is 15.9. The minimum absolute atomic E-state index is 0.0474. The third kappa shape index (κ3) is 2.59. The molecule has 2 aromatic rings. The molecule has 1 aliphatic rings. The maximum Gasteiger partial charge on any atom is 0.270 e. The van der Waals surface area contributed by atoms with E-state index in [-0.39, 0.29) is 16.3 Å². The summed E-state index contributed by atoms with van der Waals surface area (Å²) in [6.45, 7) is 0. The SMILES string of the molecule is NC(=O)[C@H]1Cc2ccccc2N1C(=O)c1cc([N+](=O)[O-])ccc1Cl. The largest absolute Gasteiger partial charge is 0.368 e. The zero-order valence-electron chi connectivity index (χ0n) is 12.3. The molecule has 0 aliphatic carbocycles. The van der Waals surface area contributed by atoms with E-state index in [1.807, 2.05) is 0 Å². The number of non-ortho nitro benzene ring substituents is 1. The molecular formula is C16H12ClN3O4. The average Bonchev–Trinajstić information content (AvgIpc) is 2.94. The Kier molecular flexibility index (Phi) is 3.94. The molecule has 3 rings (SSSR count). The number of anilines is 1. The van der Waals surface area contributed by atoms with Crippen LogP contribution in [-0.2, 0) is 11.2 Å². The third-order valence-corrected chi connectivity index (χ3v) is 4.24. The fourth-order valence-corrected chi connectivity index (χ4v) is 2.98. The number of carbonyl (C=O) groups is 2. The van der Waals surface area contributed by atoms with Gasteiger partial charge in [0.15, 0.2) is 0 Å². The van der Waals surface area contributed by atoms with Crippen molar-refractivity contribution in [2.45, 2.75) is 12.5 Å². The number of rotatable bonds is 3. The van der Waals surface area contributed by atoms with Gasteiger partial charge in [-0.05, 0) is 17.7 Å². The molecule has 122 valence electrons. The quantitative estimate of drug-likeness (QED) is 0.680. The van der Waals surface area contributed by atoms with Crippen LogP contribution in [0, 0.1) is 10.1 Å². The number of fused-ring (bicyclic) bond motifs is 1. The van der Waals surface area contributed by atoms with Crippen LogP contribution in [0.15, 0.2) is 42.5 Å². The van der Waals surface area contributed by atoms with Crippen molar-refractivity contribution in [1.82, 2.24) is 0 Å². The van der Waals surface area contributed by atoms with Gasteiger partial charge in [0.2, 0.25) is 5.91 Å². The number of hydrogen-bond acceptors (Lipinski definition) is 4. The summed E-state index contributed by atoms with van der Waals surface area (Å²) < 4.78 is 0. The minimum atomic E-state index is -0.856. The molecule has 1 heterocycles. The van der Waals surface area contributed by atoms with E-state index in [4.69, 9.17) is 17.3 Å². The number of nitro groups is 1. The summed E-state index contributed by atoms with van der Waals surface area (Å²) in [6, 6.07) is 9.77. The maximum absolute atomic E-state index is 12.9. The number of para-hydroxylation sites is 1. The molecule has 2 aromatic carbocycles. The Labute approximate surface area is 141 Å². The van der Waals surface area contributed by atoms with Crippen LogP contribution in [0.2, 0.25) is 5.02 Å². The fraction of sp³-hybridized carbons (Fsp3) is 0.125. The van der Waals surface area contributed by atoms with Crippen LogP contribution in [0.1, 0.15) is 15.9 Å². The smallest absolute Gasteiger partial charge is 0.270 e. The van der Waals surface area contributed by atoms with Gasteiger partial charge in [0, 0.05) is 24.2 Å². The molecule has 0 bridgehead atoms. The average molecular weight is 346 g/mol. The van der Waals surface area contributed by atoms with Gasteiger partial charge in [0.05, 0.1) is 15.5 Å². The summed E-state index contributed by atoms with van der Waals surface area (Å²) in [6.07, 6.45) is 0.295. The molecule has 24 heavy (non-hydrogen) atoms. The summed E-state index contributed by atoms with van der Waals surface area (Å²) in [5.74, 6) is -1.25.